The van der Waals surface area contributed by atoms with E-state index in [0.717, 1.165) is 16.7 Å². The van der Waals surface area contributed by atoms with Gasteiger partial charge in [0.25, 0.3) is 0 Å². The Morgan fingerprint density at radius 1 is 0.500 bits per heavy atom. The van der Waals surface area contributed by atoms with Crippen molar-refractivity contribution in [2.24, 2.45) is 0 Å². The molecular weight excluding hydrogens is 366 g/mol. The van der Waals surface area contributed by atoms with Crippen molar-refractivity contribution in [3.63, 3.8) is 0 Å². The van der Waals surface area contributed by atoms with E-state index in [0.29, 0.717) is 17.5 Å². The number of hydrogen-bond donors (Lipinski definition) is 0. The van der Waals surface area contributed by atoms with Gasteiger partial charge in [0.1, 0.15) is 0 Å². The third-order valence-electron chi connectivity index (χ3n) is 4.46. The van der Waals surface area contributed by atoms with Gasteiger partial charge in [0.2, 0.25) is 0 Å². The van der Waals surface area contributed by atoms with Crippen LogP contribution in [0.3, 0.4) is 0 Å². The summed E-state index contributed by atoms with van der Waals surface area (Å²) >= 11 is 0. The highest BCUT2D eigenvalue weighted by atomic mass is 15.0. The Labute approximate surface area is 179 Å². The van der Waals surface area contributed by atoms with Gasteiger partial charge in [-0.1, -0.05) is 91.6 Å². The smallest absolute Gasteiger partial charge is 0.164 e. The minimum absolute atomic E-state index is 0.696. The average molecular weight is 396 g/mol. The van der Waals surface area contributed by atoms with Crippen LogP contribution in [0.4, 0.5) is 0 Å². The highest BCUT2D eigenvalue weighted by Crippen LogP contribution is 2.25. The van der Waals surface area contributed by atoms with Crippen LogP contribution < -0.4 is 0 Å². The van der Waals surface area contributed by atoms with E-state index in [1.165, 1.54) is 23.1 Å². The first-order valence-corrected chi connectivity index (χ1v) is 10.5. The molecule has 0 spiro atoms. The van der Waals surface area contributed by atoms with E-state index < -0.39 is 0 Å². The molecule has 0 radical (unpaired) electrons. The van der Waals surface area contributed by atoms with Crippen LogP contribution in [0.15, 0.2) is 72.8 Å². The topological polar surface area (TPSA) is 38.7 Å². The maximum atomic E-state index is 4.78. The van der Waals surface area contributed by atoms with Gasteiger partial charge < -0.3 is 0 Å². The fourth-order valence-corrected chi connectivity index (χ4v) is 3.12. The lowest BCUT2D eigenvalue weighted by atomic mass is 10.1. The second-order valence-electron chi connectivity index (χ2n) is 7.62. The Kier molecular flexibility index (Phi) is 7.08. The molecule has 0 amide bonds. The summed E-state index contributed by atoms with van der Waals surface area (Å²) in [7, 11) is 0. The number of benzene rings is 3. The molecule has 3 heteroatoms. The zero-order chi connectivity index (χ0) is 21.5. The van der Waals surface area contributed by atoms with Crippen LogP contribution in [0, 0.1) is 20.8 Å². The Morgan fingerprint density at radius 3 is 1.00 bits per heavy atom. The Balaban J connectivity index is 0.000000806. The van der Waals surface area contributed by atoms with E-state index in [2.05, 4.69) is 71.0 Å². The molecule has 0 N–H and O–H groups in total. The number of aromatic nitrogens is 3. The number of aryl methyl sites for hydroxylation is 3. The van der Waals surface area contributed by atoms with Gasteiger partial charge in [-0.25, -0.2) is 15.0 Å². The third-order valence-corrected chi connectivity index (χ3v) is 4.46. The largest absolute Gasteiger partial charge is 0.208 e. The summed E-state index contributed by atoms with van der Waals surface area (Å²) in [4.78, 5) is 14.3. The predicted octanol–water partition coefficient (Wildman–Crippen LogP) is 7.21. The molecule has 0 unspecified atom stereocenters. The fraction of sp³-hybridized carbons (Fsp3) is 0.222. The first kappa shape index (κ1) is 21.4. The van der Waals surface area contributed by atoms with Crippen LogP contribution in [-0.4, -0.2) is 15.0 Å². The van der Waals surface area contributed by atoms with Crippen molar-refractivity contribution in [1.82, 2.24) is 15.0 Å². The van der Waals surface area contributed by atoms with Crippen LogP contribution in [0.2, 0.25) is 0 Å². The molecule has 30 heavy (non-hydrogen) atoms. The molecular formula is C27H29N3. The lowest BCUT2D eigenvalue weighted by Gasteiger charge is -2.09. The molecule has 1 heterocycles. The summed E-state index contributed by atoms with van der Waals surface area (Å²) in [5, 5.41) is 0. The molecule has 0 bridgehead atoms. The van der Waals surface area contributed by atoms with Crippen molar-refractivity contribution >= 4 is 0 Å². The predicted molar refractivity (Wildman–Crippen MR) is 126 cm³/mol. The van der Waals surface area contributed by atoms with Crippen LogP contribution in [0.5, 0.6) is 0 Å². The van der Waals surface area contributed by atoms with Gasteiger partial charge in [-0.15, -0.1) is 0 Å². The number of rotatable bonds is 3. The second-order valence-corrected chi connectivity index (χ2v) is 7.62. The number of nitrogens with zero attached hydrogens (tertiary/aromatic N) is 3. The van der Waals surface area contributed by atoms with Crippen LogP contribution >= 0.6 is 0 Å². The van der Waals surface area contributed by atoms with E-state index in [1.54, 1.807) is 0 Å². The fourth-order valence-electron chi connectivity index (χ4n) is 3.12. The SMILES string of the molecule is CCC.Cc1cccc(-c2nc(-c3cccc(C)c3)nc(-c3cccc(C)c3)n2)c1. The summed E-state index contributed by atoms with van der Waals surface area (Å²) in [5.41, 5.74) is 6.55. The van der Waals surface area contributed by atoms with Crippen molar-refractivity contribution in [2.75, 3.05) is 0 Å². The molecule has 0 saturated heterocycles. The molecule has 152 valence electrons. The van der Waals surface area contributed by atoms with E-state index in [-0.39, 0.29) is 0 Å². The Bertz CT molecular complexity index is 978. The van der Waals surface area contributed by atoms with Crippen LogP contribution in [0.1, 0.15) is 37.0 Å². The molecule has 1 aromatic heterocycles. The van der Waals surface area contributed by atoms with Crippen LogP contribution in [-0.2, 0) is 0 Å². The summed E-state index contributed by atoms with van der Waals surface area (Å²) in [5.74, 6) is 2.09. The molecule has 0 saturated carbocycles. The zero-order valence-corrected chi connectivity index (χ0v) is 18.5. The van der Waals surface area contributed by atoms with E-state index in [4.69, 9.17) is 15.0 Å². The highest BCUT2D eigenvalue weighted by Gasteiger charge is 2.12. The number of hydrogen-bond acceptors (Lipinski definition) is 3. The van der Waals surface area contributed by atoms with Crippen molar-refractivity contribution in [1.29, 1.82) is 0 Å². The monoisotopic (exact) mass is 395 g/mol. The molecule has 0 aliphatic rings. The van der Waals surface area contributed by atoms with Gasteiger partial charge in [-0.05, 0) is 39.0 Å². The maximum absolute atomic E-state index is 4.78. The van der Waals surface area contributed by atoms with E-state index in [1.807, 2.05) is 36.4 Å². The van der Waals surface area contributed by atoms with Gasteiger partial charge >= 0.3 is 0 Å². The van der Waals surface area contributed by atoms with Gasteiger partial charge in [-0.2, -0.15) is 0 Å². The zero-order valence-electron chi connectivity index (χ0n) is 18.5. The molecule has 0 aliphatic heterocycles. The minimum Gasteiger partial charge on any atom is -0.208 e. The standard InChI is InChI=1S/C24H21N3.C3H8/c1-16-7-4-10-19(13-16)22-25-23(20-11-5-8-17(2)14-20)27-24(26-22)21-12-6-9-18(3)15-21;1-3-2/h4-15H,1-3H3;3H2,1-2H3. The highest BCUT2D eigenvalue weighted by molar-refractivity contribution is 5.67. The summed E-state index contributed by atoms with van der Waals surface area (Å²) in [6.07, 6.45) is 1.25. The lowest BCUT2D eigenvalue weighted by Crippen LogP contribution is -2.00. The Morgan fingerprint density at radius 2 is 0.767 bits per heavy atom. The quantitative estimate of drug-likeness (QED) is 0.368. The van der Waals surface area contributed by atoms with Crippen molar-refractivity contribution in [3.05, 3.63) is 89.5 Å². The summed E-state index contributed by atoms with van der Waals surface area (Å²) in [6.45, 7) is 10.5. The molecule has 0 aliphatic carbocycles. The first-order chi connectivity index (χ1) is 14.5. The molecule has 4 rings (SSSR count). The second kappa shape index (κ2) is 9.93. The van der Waals surface area contributed by atoms with Gasteiger partial charge in [0, 0.05) is 16.7 Å². The minimum atomic E-state index is 0.696. The Hall–Kier alpha value is -3.33. The maximum Gasteiger partial charge on any atom is 0.164 e. The van der Waals surface area contributed by atoms with Crippen molar-refractivity contribution in [3.8, 4) is 34.2 Å². The van der Waals surface area contributed by atoms with Gasteiger partial charge in [0.15, 0.2) is 17.5 Å². The lowest BCUT2D eigenvalue weighted by molar-refractivity contribution is 1.07. The summed E-state index contributed by atoms with van der Waals surface area (Å²) in [6, 6.07) is 24.8. The molecule has 4 aromatic rings. The van der Waals surface area contributed by atoms with Gasteiger partial charge in [0.05, 0.1) is 0 Å². The van der Waals surface area contributed by atoms with Crippen molar-refractivity contribution < 1.29 is 0 Å². The third kappa shape index (κ3) is 5.38. The van der Waals surface area contributed by atoms with Crippen molar-refractivity contribution in [2.45, 2.75) is 41.0 Å². The normalized spacial score (nSPS) is 10.3. The molecule has 3 nitrogen and oxygen atoms in total. The van der Waals surface area contributed by atoms with Crippen LogP contribution in [0.25, 0.3) is 34.2 Å². The van der Waals surface area contributed by atoms with E-state index in [9.17, 15) is 0 Å². The first-order valence-electron chi connectivity index (χ1n) is 10.5. The molecule has 3 aromatic carbocycles. The molecule has 0 atom stereocenters. The molecule has 0 fully saturated rings. The summed E-state index contributed by atoms with van der Waals surface area (Å²) < 4.78 is 0. The van der Waals surface area contributed by atoms with Gasteiger partial charge in [-0.3, -0.25) is 0 Å². The average Bonchev–Trinajstić information content (AvgIpc) is 2.74. The van der Waals surface area contributed by atoms with E-state index >= 15 is 0 Å².